The average molecular weight is 311 g/mol. The van der Waals surface area contributed by atoms with Gasteiger partial charge in [0, 0.05) is 0 Å². The van der Waals surface area contributed by atoms with Gasteiger partial charge in [-0.2, -0.15) is 0 Å². The Morgan fingerprint density at radius 3 is 1.90 bits per heavy atom. The fourth-order valence-electron chi connectivity index (χ4n) is 0.705. The topological polar surface area (TPSA) is 20.3 Å². The van der Waals surface area contributed by atoms with Crippen molar-refractivity contribution in [2.75, 3.05) is 0 Å². The van der Waals surface area contributed by atoms with Gasteiger partial charge in [0.05, 0.1) is 0 Å². The van der Waals surface area contributed by atoms with Crippen LogP contribution in [0.5, 0.6) is 0 Å². The van der Waals surface area contributed by atoms with Crippen molar-refractivity contribution in [1.82, 2.24) is 4.90 Å². The molecule has 2 nitrogen and oxygen atoms in total. The number of carbonyl (C=O) groups is 1. The first-order valence-corrected chi connectivity index (χ1v) is 4.61. The molecular weight excluding hydrogens is 298 g/mol. The summed E-state index contributed by atoms with van der Waals surface area (Å²) in [5.74, 6) is 0. The van der Waals surface area contributed by atoms with Crippen molar-refractivity contribution < 1.29 is 24.1 Å². The standard InChI is InChI=1S/C7H13NO.W/c1-5-8(6-9)7(2,3)4;/h6H,1-4H3;. The zero-order valence-electron chi connectivity index (χ0n) is 6.84. The van der Waals surface area contributed by atoms with Crippen LogP contribution < -0.4 is 0 Å². The molecule has 0 N–H and O–H groups in total. The molecule has 58 valence electrons. The van der Waals surface area contributed by atoms with Crippen molar-refractivity contribution in [1.29, 1.82) is 0 Å². The Morgan fingerprint density at radius 1 is 1.50 bits per heavy atom. The van der Waals surface area contributed by atoms with Crippen LogP contribution in [0.3, 0.4) is 0 Å². The molecule has 0 saturated heterocycles. The van der Waals surface area contributed by atoms with Crippen molar-refractivity contribution in [3.8, 4) is 0 Å². The van der Waals surface area contributed by atoms with Crippen LogP contribution in [-0.4, -0.2) is 20.9 Å². The van der Waals surface area contributed by atoms with E-state index in [0.717, 1.165) is 10.4 Å². The van der Waals surface area contributed by atoms with Crippen LogP contribution in [0, 0.1) is 0 Å². The first-order valence-electron chi connectivity index (χ1n) is 3.15. The molecule has 1 amide bonds. The molecule has 0 aromatic carbocycles. The Kier molecular flexibility index (Phi) is 3.44. The van der Waals surface area contributed by atoms with Crippen molar-refractivity contribution in [3.05, 3.63) is 0 Å². The van der Waals surface area contributed by atoms with Crippen LogP contribution in [-0.2, 0) is 24.1 Å². The van der Waals surface area contributed by atoms with Gasteiger partial charge < -0.3 is 0 Å². The summed E-state index contributed by atoms with van der Waals surface area (Å²) in [6.07, 6.45) is 0.891. The quantitative estimate of drug-likeness (QED) is 0.695. The number of hydrogen-bond donors (Lipinski definition) is 0. The van der Waals surface area contributed by atoms with E-state index in [-0.39, 0.29) is 5.54 Å². The summed E-state index contributed by atoms with van der Waals surface area (Å²) in [4.78, 5) is 12.3. The van der Waals surface area contributed by atoms with Crippen LogP contribution in [0.4, 0.5) is 0 Å². The third-order valence-corrected chi connectivity index (χ3v) is 1.87. The van der Waals surface area contributed by atoms with Crippen LogP contribution in [0.1, 0.15) is 27.7 Å². The first kappa shape index (κ1) is 10.0. The predicted octanol–water partition coefficient (Wildman–Crippen LogP) is 0.940. The molecule has 0 aliphatic carbocycles. The molecule has 0 aromatic heterocycles. The van der Waals surface area contributed by atoms with Crippen LogP contribution in [0.25, 0.3) is 0 Å². The zero-order chi connectivity index (χ0) is 8.36. The molecule has 0 spiro atoms. The summed E-state index contributed by atoms with van der Waals surface area (Å²) in [5.41, 5.74) is -0.0619. The van der Waals surface area contributed by atoms with E-state index in [1.54, 1.807) is 4.90 Å². The summed E-state index contributed by atoms with van der Waals surface area (Å²) in [6, 6.07) is 0. The van der Waals surface area contributed by atoms with Gasteiger partial charge in [0.1, 0.15) is 0 Å². The van der Waals surface area contributed by atoms with Gasteiger partial charge in [0.25, 0.3) is 0 Å². The van der Waals surface area contributed by atoms with Crippen molar-refractivity contribution >= 4 is 10.4 Å². The van der Waals surface area contributed by atoms with E-state index in [4.69, 9.17) is 0 Å². The number of carbonyl (C=O) groups excluding carboxylic acids is 1. The fourth-order valence-corrected chi connectivity index (χ4v) is 1.84. The Balaban J connectivity index is 4.36. The molecule has 0 heterocycles. The molecule has 0 bridgehead atoms. The van der Waals surface area contributed by atoms with Crippen molar-refractivity contribution in [2.45, 2.75) is 33.2 Å². The molecule has 3 heteroatoms. The SMILES string of the molecule is C[C](=[W])N(C=O)C(C)(C)C. The number of hydrogen-bond acceptors (Lipinski definition) is 1. The van der Waals surface area contributed by atoms with E-state index in [9.17, 15) is 4.79 Å². The molecule has 0 aromatic rings. The summed E-state index contributed by atoms with van der Waals surface area (Å²) in [5, 5.41) is 0. The van der Waals surface area contributed by atoms with Gasteiger partial charge in [0.2, 0.25) is 0 Å². The second-order valence-electron chi connectivity index (χ2n) is 3.17. The average Bonchev–Trinajstić information content (AvgIpc) is 1.60. The summed E-state index contributed by atoms with van der Waals surface area (Å²) < 4.78 is 1.11. The van der Waals surface area contributed by atoms with Gasteiger partial charge in [-0.3, -0.25) is 0 Å². The number of rotatable bonds is 2. The molecule has 0 radical (unpaired) electrons. The molecule has 0 atom stereocenters. The fraction of sp³-hybridized carbons (Fsp3) is 0.714. The van der Waals surface area contributed by atoms with Gasteiger partial charge in [-0.1, -0.05) is 0 Å². The molecule has 0 fully saturated rings. The Morgan fingerprint density at radius 2 is 1.90 bits per heavy atom. The molecule has 0 aliphatic heterocycles. The molecule has 0 aliphatic rings. The van der Waals surface area contributed by atoms with E-state index in [2.05, 4.69) is 0 Å². The Labute approximate surface area is 73.0 Å². The van der Waals surface area contributed by atoms with Crippen LogP contribution in [0.15, 0.2) is 0 Å². The molecule has 10 heavy (non-hydrogen) atoms. The molecule has 0 saturated carbocycles. The first-order chi connectivity index (χ1) is 4.39. The maximum atomic E-state index is 10.5. The second kappa shape index (κ2) is 3.43. The van der Waals surface area contributed by atoms with E-state index in [1.165, 1.54) is 19.4 Å². The van der Waals surface area contributed by atoms with Gasteiger partial charge >= 0.3 is 72.7 Å². The summed E-state index contributed by atoms with van der Waals surface area (Å²) in [6.45, 7) is 8.03. The van der Waals surface area contributed by atoms with Crippen LogP contribution in [0.2, 0.25) is 0 Å². The predicted molar refractivity (Wildman–Crippen MR) is 38.3 cm³/mol. The summed E-state index contributed by atoms with van der Waals surface area (Å²) >= 11 is 1.34. The normalized spacial score (nSPS) is 10.8. The van der Waals surface area contributed by atoms with Gasteiger partial charge in [0.15, 0.2) is 0 Å². The van der Waals surface area contributed by atoms with Gasteiger partial charge in [-0.15, -0.1) is 0 Å². The third kappa shape index (κ3) is 2.74. The maximum absolute atomic E-state index is 10.5. The summed E-state index contributed by atoms with van der Waals surface area (Å²) in [7, 11) is 0. The van der Waals surface area contributed by atoms with Gasteiger partial charge in [-0.25, -0.2) is 0 Å². The van der Waals surface area contributed by atoms with Crippen molar-refractivity contribution in [3.63, 3.8) is 0 Å². The number of amides is 1. The minimum atomic E-state index is -0.0619. The van der Waals surface area contributed by atoms with Gasteiger partial charge in [-0.05, 0) is 0 Å². The molecule has 0 unspecified atom stereocenters. The monoisotopic (exact) mass is 311 g/mol. The van der Waals surface area contributed by atoms with E-state index in [0.29, 0.717) is 0 Å². The second-order valence-corrected chi connectivity index (χ2v) is 5.29. The third-order valence-electron chi connectivity index (χ3n) is 1.17. The molecular formula is C7H13NOW. The van der Waals surface area contributed by atoms with E-state index in [1.807, 2.05) is 27.7 Å². The van der Waals surface area contributed by atoms with E-state index >= 15 is 0 Å². The van der Waals surface area contributed by atoms with Crippen molar-refractivity contribution in [2.24, 2.45) is 0 Å². The Hall–Kier alpha value is 0.0283. The molecule has 0 rings (SSSR count). The van der Waals surface area contributed by atoms with E-state index < -0.39 is 0 Å². The zero-order valence-corrected chi connectivity index (χ0v) is 9.77. The minimum absolute atomic E-state index is 0.0619. The Bertz CT molecular complexity index is 148. The number of nitrogens with zero attached hydrogens (tertiary/aromatic N) is 1. The van der Waals surface area contributed by atoms with Crippen LogP contribution >= 0.6 is 0 Å².